The molecule has 0 fully saturated rings. The third kappa shape index (κ3) is 6.01. The molecule has 0 aliphatic rings. The van der Waals surface area contributed by atoms with Gasteiger partial charge in [0, 0.05) is 6.54 Å². The van der Waals surface area contributed by atoms with Crippen LogP contribution in [0.4, 0.5) is 0 Å². The molecule has 0 aromatic heterocycles. The summed E-state index contributed by atoms with van der Waals surface area (Å²) in [6, 6.07) is 0. The van der Waals surface area contributed by atoms with Gasteiger partial charge in [-0.2, -0.15) is 0 Å². The van der Waals surface area contributed by atoms with Crippen molar-refractivity contribution in [2.24, 2.45) is 0 Å². The van der Waals surface area contributed by atoms with Crippen LogP contribution in [-0.2, 0) is 4.74 Å². The van der Waals surface area contributed by atoms with E-state index in [0.29, 0.717) is 13.2 Å². The van der Waals surface area contributed by atoms with Crippen LogP contribution in [0.1, 0.15) is 13.8 Å². The van der Waals surface area contributed by atoms with Crippen molar-refractivity contribution in [2.75, 3.05) is 20.2 Å². The van der Waals surface area contributed by atoms with Crippen LogP contribution in [0.3, 0.4) is 0 Å². The maximum Gasteiger partial charge on any atom is 0.0897 e. The summed E-state index contributed by atoms with van der Waals surface area (Å²) in [4.78, 5) is 0. The zero-order chi connectivity index (χ0) is 7.98. The molecular weight excluding hydrogens is 130 g/mol. The van der Waals surface area contributed by atoms with Gasteiger partial charge < -0.3 is 15.2 Å². The molecule has 2 N–H and O–H groups in total. The number of ether oxygens (including phenoxy) is 1. The number of hydrogen-bond acceptors (Lipinski definition) is 3. The summed E-state index contributed by atoms with van der Waals surface area (Å²) in [7, 11) is 1.80. The highest BCUT2D eigenvalue weighted by Gasteiger charge is 2.02. The zero-order valence-corrected chi connectivity index (χ0v) is 6.92. The molecule has 10 heavy (non-hydrogen) atoms. The van der Waals surface area contributed by atoms with E-state index in [9.17, 15) is 0 Å². The van der Waals surface area contributed by atoms with Crippen LogP contribution in [0.5, 0.6) is 0 Å². The number of hydrogen-bond donors (Lipinski definition) is 2. The van der Waals surface area contributed by atoms with Gasteiger partial charge in [-0.05, 0) is 20.9 Å². The molecule has 0 aliphatic carbocycles. The molecule has 0 aliphatic heterocycles. The van der Waals surface area contributed by atoms with Gasteiger partial charge in [0.1, 0.15) is 0 Å². The second-order valence-corrected chi connectivity index (χ2v) is 2.59. The average molecular weight is 147 g/mol. The highest BCUT2D eigenvalue weighted by Crippen LogP contribution is 1.89. The lowest BCUT2D eigenvalue weighted by molar-refractivity contribution is 0.00709. The largest absolute Gasteiger partial charge is 0.389 e. The fraction of sp³-hybridized carbons (Fsp3) is 1.00. The Morgan fingerprint density at radius 1 is 1.50 bits per heavy atom. The summed E-state index contributed by atoms with van der Waals surface area (Å²) in [6.45, 7) is 4.91. The maximum absolute atomic E-state index is 9.11. The van der Waals surface area contributed by atoms with Gasteiger partial charge in [-0.1, -0.05) is 0 Å². The minimum Gasteiger partial charge on any atom is -0.389 e. The first-order valence-electron chi connectivity index (χ1n) is 3.61. The summed E-state index contributed by atoms with van der Waals surface area (Å²) < 4.78 is 5.17. The summed E-state index contributed by atoms with van der Waals surface area (Å²) in [5.41, 5.74) is 0. The Kier molecular flexibility index (Phi) is 5.58. The van der Waals surface area contributed by atoms with E-state index in [0.717, 1.165) is 0 Å². The maximum atomic E-state index is 9.11. The number of likely N-dealkylation sites (N-methyl/N-ethyl adjacent to an activating group) is 1. The molecule has 0 saturated carbocycles. The lowest BCUT2D eigenvalue weighted by atomic mass is 10.4. The molecular formula is C7H17NO2. The van der Waals surface area contributed by atoms with Crippen molar-refractivity contribution in [1.29, 1.82) is 0 Å². The van der Waals surface area contributed by atoms with Gasteiger partial charge >= 0.3 is 0 Å². The molecule has 62 valence electrons. The predicted octanol–water partition coefficient (Wildman–Crippen LogP) is -0.00830. The molecule has 0 unspecified atom stereocenters. The van der Waals surface area contributed by atoms with Crippen molar-refractivity contribution in [3.05, 3.63) is 0 Å². The Hall–Kier alpha value is -0.120. The van der Waals surface area contributed by atoms with Crippen LogP contribution in [0.2, 0.25) is 0 Å². The highest BCUT2D eigenvalue weighted by molar-refractivity contribution is 4.55. The average Bonchev–Trinajstić information content (AvgIpc) is 1.85. The van der Waals surface area contributed by atoms with Gasteiger partial charge in [0.25, 0.3) is 0 Å². The predicted molar refractivity (Wildman–Crippen MR) is 41.0 cm³/mol. The lowest BCUT2D eigenvalue weighted by Crippen LogP contribution is -2.28. The van der Waals surface area contributed by atoms with Crippen LogP contribution in [0, 0.1) is 0 Å². The fourth-order valence-electron chi connectivity index (χ4n) is 0.598. The van der Waals surface area contributed by atoms with Gasteiger partial charge in [-0.15, -0.1) is 0 Å². The normalized spacial score (nSPS) is 14.1. The number of rotatable bonds is 5. The first-order valence-corrected chi connectivity index (χ1v) is 3.61. The van der Waals surface area contributed by atoms with Gasteiger partial charge in [-0.25, -0.2) is 0 Å². The first-order chi connectivity index (χ1) is 4.66. The van der Waals surface area contributed by atoms with Crippen LogP contribution in [0.15, 0.2) is 0 Å². The molecule has 0 aromatic carbocycles. The second kappa shape index (κ2) is 5.65. The molecule has 0 amide bonds. The molecule has 0 aromatic rings. The van der Waals surface area contributed by atoms with E-state index in [1.165, 1.54) is 0 Å². The Balaban J connectivity index is 3.12. The quantitative estimate of drug-likeness (QED) is 0.575. The summed E-state index contributed by atoms with van der Waals surface area (Å²) in [5.74, 6) is 0. The zero-order valence-electron chi connectivity index (χ0n) is 6.92. The Labute approximate surface area is 62.4 Å². The van der Waals surface area contributed by atoms with Gasteiger partial charge in [-0.3, -0.25) is 0 Å². The van der Waals surface area contributed by atoms with Crippen LogP contribution in [0.25, 0.3) is 0 Å². The van der Waals surface area contributed by atoms with E-state index in [-0.39, 0.29) is 12.2 Å². The van der Waals surface area contributed by atoms with Crippen molar-refractivity contribution >= 4 is 0 Å². The second-order valence-electron chi connectivity index (χ2n) is 2.59. The Morgan fingerprint density at radius 3 is 2.50 bits per heavy atom. The van der Waals surface area contributed by atoms with Crippen molar-refractivity contribution < 1.29 is 9.84 Å². The number of aliphatic hydroxyl groups excluding tert-OH is 1. The smallest absolute Gasteiger partial charge is 0.0897 e. The van der Waals surface area contributed by atoms with E-state index >= 15 is 0 Å². The van der Waals surface area contributed by atoms with Crippen molar-refractivity contribution in [3.63, 3.8) is 0 Å². The van der Waals surface area contributed by atoms with E-state index in [4.69, 9.17) is 9.84 Å². The molecule has 0 bridgehead atoms. The molecule has 0 saturated heterocycles. The number of aliphatic hydroxyl groups is 1. The topological polar surface area (TPSA) is 41.5 Å². The molecule has 1 atom stereocenters. The van der Waals surface area contributed by atoms with Gasteiger partial charge in [0.2, 0.25) is 0 Å². The molecule has 3 heteroatoms. The standard InChI is InChI=1S/C7H17NO2/c1-6(2)10-5-7(9)4-8-3/h6-9H,4-5H2,1-3H3/t7-/m0/s1. The Bertz CT molecular complexity index is 76.0. The molecule has 0 rings (SSSR count). The van der Waals surface area contributed by atoms with Gasteiger partial charge in [0.05, 0.1) is 18.8 Å². The minimum atomic E-state index is -0.382. The molecule has 3 nitrogen and oxygen atoms in total. The monoisotopic (exact) mass is 147 g/mol. The first kappa shape index (κ1) is 9.88. The third-order valence-corrected chi connectivity index (χ3v) is 1.06. The van der Waals surface area contributed by atoms with Crippen molar-refractivity contribution in [1.82, 2.24) is 5.32 Å². The summed E-state index contributed by atoms with van der Waals surface area (Å²) in [5, 5.41) is 12.0. The minimum absolute atomic E-state index is 0.200. The van der Waals surface area contributed by atoms with E-state index in [1.807, 2.05) is 13.8 Å². The number of nitrogens with one attached hydrogen (secondary N) is 1. The van der Waals surface area contributed by atoms with E-state index in [1.54, 1.807) is 7.05 Å². The van der Waals surface area contributed by atoms with Crippen LogP contribution >= 0.6 is 0 Å². The summed E-state index contributed by atoms with van der Waals surface area (Å²) >= 11 is 0. The molecule has 0 heterocycles. The fourth-order valence-corrected chi connectivity index (χ4v) is 0.598. The highest BCUT2D eigenvalue weighted by atomic mass is 16.5. The van der Waals surface area contributed by atoms with Crippen molar-refractivity contribution in [2.45, 2.75) is 26.1 Å². The Morgan fingerprint density at radius 2 is 2.10 bits per heavy atom. The lowest BCUT2D eigenvalue weighted by Gasteiger charge is -2.12. The summed E-state index contributed by atoms with van der Waals surface area (Å²) in [6.07, 6.45) is -0.182. The third-order valence-electron chi connectivity index (χ3n) is 1.06. The van der Waals surface area contributed by atoms with Crippen molar-refractivity contribution in [3.8, 4) is 0 Å². The van der Waals surface area contributed by atoms with Gasteiger partial charge in [0.15, 0.2) is 0 Å². The van der Waals surface area contributed by atoms with E-state index < -0.39 is 0 Å². The van der Waals surface area contributed by atoms with E-state index in [2.05, 4.69) is 5.32 Å². The van der Waals surface area contributed by atoms with Crippen LogP contribution < -0.4 is 5.32 Å². The van der Waals surface area contributed by atoms with Crippen LogP contribution in [-0.4, -0.2) is 37.5 Å². The molecule has 0 spiro atoms. The molecule has 0 radical (unpaired) electrons. The SMILES string of the molecule is CNC[C@H](O)COC(C)C.